The quantitative estimate of drug-likeness (QED) is 0.714. The molecule has 30 heavy (non-hydrogen) atoms. The summed E-state index contributed by atoms with van der Waals surface area (Å²) < 4.78 is 5.49. The molecule has 2 aliphatic heterocycles. The SMILES string of the molecule is NC(=O)c1cccc(-c2nc(N3CCOCC3)nc3c2CCN3c2cccnc2)c1. The Labute approximate surface area is 174 Å². The number of anilines is 3. The molecule has 1 amide bonds. The molecule has 5 rings (SSSR count). The summed E-state index contributed by atoms with van der Waals surface area (Å²) in [6, 6.07) is 11.3. The first kappa shape index (κ1) is 18.5. The van der Waals surface area contributed by atoms with Crippen LogP contribution in [0.15, 0.2) is 48.8 Å². The van der Waals surface area contributed by atoms with Crippen LogP contribution in [0.1, 0.15) is 15.9 Å². The third-order valence-electron chi connectivity index (χ3n) is 5.49. The van der Waals surface area contributed by atoms with E-state index in [-0.39, 0.29) is 0 Å². The number of benzene rings is 1. The van der Waals surface area contributed by atoms with E-state index in [2.05, 4.69) is 14.8 Å². The summed E-state index contributed by atoms with van der Waals surface area (Å²) in [6.07, 6.45) is 4.42. The van der Waals surface area contributed by atoms with E-state index in [9.17, 15) is 4.79 Å². The van der Waals surface area contributed by atoms with Crippen molar-refractivity contribution in [2.75, 3.05) is 42.6 Å². The molecule has 0 aliphatic carbocycles. The molecular formula is C22H22N6O2. The zero-order chi connectivity index (χ0) is 20.5. The van der Waals surface area contributed by atoms with Gasteiger partial charge in [0.25, 0.3) is 0 Å². The molecule has 0 spiro atoms. The summed E-state index contributed by atoms with van der Waals surface area (Å²) in [5.74, 6) is 1.11. The summed E-state index contributed by atoms with van der Waals surface area (Å²) in [5.41, 5.74) is 9.76. The second kappa shape index (κ2) is 7.72. The Bertz CT molecular complexity index is 1080. The number of ether oxygens (including phenoxy) is 1. The van der Waals surface area contributed by atoms with Crippen molar-refractivity contribution in [1.82, 2.24) is 15.0 Å². The van der Waals surface area contributed by atoms with Crippen molar-refractivity contribution in [3.05, 3.63) is 59.9 Å². The summed E-state index contributed by atoms with van der Waals surface area (Å²) in [5, 5.41) is 0. The van der Waals surface area contributed by atoms with E-state index >= 15 is 0 Å². The first-order chi connectivity index (χ1) is 14.7. The molecule has 1 fully saturated rings. The zero-order valence-corrected chi connectivity index (χ0v) is 16.5. The monoisotopic (exact) mass is 402 g/mol. The number of pyridine rings is 1. The summed E-state index contributed by atoms with van der Waals surface area (Å²) >= 11 is 0. The Morgan fingerprint density at radius 2 is 1.93 bits per heavy atom. The molecule has 0 bridgehead atoms. The van der Waals surface area contributed by atoms with E-state index < -0.39 is 5.91 Å². The summed E-state index contributed by atoms with van der Waals surface area (Å²) in [7, 11) is 0. The van der Waals surface area contributed by atoms with Crippen LogP contribution in [0.2, 0.25) is 0 Å². The fraction of sp³-hybridized carbons (Fsp3) is 0.273. The van der Waals surface area contributed by atoms with Crippen LogP contribution in [0.3, 0.4) is 0 Å². The molecule has 152 valence electrons. The van der Waals surface area contributed by atoms with E-state index in [1.165, 1.54) is 0 Å². The van der Waals surface area contributed by atoms with Crippen molar-refractivity contribution >= 4 is 23.4 Å². The van der Waals surface area contributed by atoms with Crippen LogP contribution in [0, 0.1) is 0 Å². The van der Waals surface area contributed by atoms with Gasteiger partial charge in [0.1, 0.15) is 5.82 Å². The van der Waals surface area contributed by atoms with Gasteiger partial charge >= 0.3 is 0 Å². The van der Waals surface area contributed by atoms with Crippen LogP contribution in [0.25, 0.3) is 11.3 Å². The standard InChI is InChI=1S/C22H22N6O2/c23-20(29)16-4-1-3-15(13-16)19-18-6-8-28(17-5-2-7-24-14-17)21(18)26-22(25-19)27-9-11-30-12-10-27/h1-5,7,13-14H,6,8-12H2,(H2,23,29). The highest BCUT2D eigenvalue weighted by Crippen LogP contribution is 2.39. The number of hydrogen-bond acceptors (Lipinski definition) is 7. The predicted molar refractivity (Wildman–Crippen MR) is 114 cm³/mol. The maximum atomic E-state index is 11.7. The molecule has 2 N–H and O–H groups in total. The van der Waals surface area contributed by atoms with Gasteiger partial charge in [-0.3, -0.25) is 9.78 Å². The van der Waals surface area contributed by atoms with E-state index in [4.69, 9.17) is 20.4 Å². The van der Waals surface area contributed by atoms with Crippen molar-refractivity contribution in [3.63, 3.8) is 0 Å². The number of fused-ring (bicyclic) bond motifs is 1. The minimum atomic E-state index is -0.451. The smallest absolute Gasteiger partial charge is 0.248 e. The van der Waals surface area contributed by atoms with E-state index in [0.717, 1.165) is 54.4 Å². The first-order valence-electron chi connectivity index (χ1n) is 10.0. The van der Waals surface area contributed by atoms with Crippen molar-refractivity contribution in [1.29, 1.82) is 0 Å². The van der Waals surface area contributed by atoms with Crippen molar-refractivity contribution in [3.8, 4) is 11.3 Å². The average Bonchev–Trinajstić information content (AvgIpc) is 3.24. The van der Waals surface area contributed by atoms with Crippen molar-refractivity contribution < 1.29 is 9.53 Å². The minimum Gasteiger partial charge on any atom is -0.378 e. The van der Waals surface area contributed by atoms with Gasteiger partial charge in [-0.15, -0.1) is 0 Å². The normalized spacial score (nSPS) is 15.9. The molecule has 1 aromatic carbocycles. The van der Waals surface area contributed by atoms with Crippen LogP contribution in [0.5, 0.6) is 0 Å². The molecule has 2 aromatic heterocycles. The van der Waals surface area contributed by atoms with E-state index in [1.807, 2.05) is 30.5 Å². The van der Waals surface area contributed by atoms with Crippen LogP contribution in [-0.2, 0) is 11.2 Å². The van der Waals surface area contributed by atoms with Gasteiger partial charge in [-0.1, -0.05) is 12.1 Å². The van der Waals surface area contributed by atoms with Crippen LogP contribution in [0.4, 0.5) is 17.5 Å². The number of nitrogens with zero attached hydrogens (tertiary/aromatic N) is 5. The van der Waals surface area contributed by atoms with Gasteiger partial charge < -0.3 is 20.3 Å². The van der Waals surface area contributed by atoms with Crippen LogP contribution >= 0.6 is 0 Å². The molecule has 8 heteroatoms. The molecule has 3 aromatic rings. The van der Waals surface area contributed by atoms with Gasteiger partial charge in [0.15, 0.2) is 0 Å². The molecule has 0 radical (unpaired) electrons. The lowest BCUT2D eigenvalue weighted by Gasteiger charge is -2.28. The molecular weight excluding hydrogens is 380 g/mol. The lowest BCUT2D eigenvalue weighted by molar-refractivity contribution is 0.100. The molecule has 0 unspecified atom stereocenters. The molecule has 4 heterocycles. The fourth-order valence-electron chi connectivity index (χ4n) is 3.97. The third kappa shape index (κ3) is 3.35. The van der Waals surface area contributed by atoms with Gasteiger partial charge in [-0.2, -0.15) is 4.98 Å². The van der Waals surface area contributed by atoms with Gasteiger partial charge in [0.05, 0.1) is 30.8 Å². The number of rotatable bonds is 4. The maximum Gasteiger partial charge on any atom is 0.248 e. The van der Waals surface area contributed by atoms with Gasteiger partial charge in [0.2, 0.25) is 11.9 Å². The van der Waals surface area contributed by atoms with Crippen molar-refractivity contribution in [2.24, 2.45) is 5.73 Å². The topological polar surface area (TPSA) is 97.5 Å². The number of nitrogens with two attached hydrogens (primary N) is 1. The number of aromatic nitrogens is 3. The number of morpholine rings is 1. The lowest BCUT2D eigenvalue weighted by Crippen LogP contribution is -2.37. The van der Waals surface area contributed by atoms with Gasteiger partial charge in [-0.25, -0.2) is 4.98 Å². The Hall–Kier alpha value is -3.52. The highest BCUT2D eigenvalue weighted by Gasteiger charge is 2.29. The first-order valence-corrected chi connectivity index (χ1v) is 10.0. The lowest BCUT2D eigenvalue weighted by atomic mass is 10.0. The highest BCUT2D eigenvalue weighted by atomic mass is 16.5. The number of hydrogen-bond donors (Lipinski definition) is 1. The minimum absolute atomic E-state index is 0.451. The zero-order valence-electron chi connectivity index (χ0n) is 16.5. The second-order valence-electron chi connectivity index (χ2n) is 7.33. The van der Waals surface area contributed by atoms with Crippen LogP contribution in [-0.4, -0.2) is 53.7 Å². The number of carbonyl (C=O) groups is 1. The Morgan fingerprint density at radius 1 is 1.07 bits per heavy atom. The molecule has 0 saturated carbocycles. The Balaban J connectivity index is 1.66. The molecule has 0 atom stereocenters. The Morgan fingerprint density at radius 3 is 2.70 bits per heavy atom. The summed E-state index contributed by atoms with van der Waals surface area (Å²) in [6.45, 7) is 3.59. The highest BCUT2D eigenvalue weighted by molar-refractivity contribution is 5.94. The van der Waals surface area contributed by atoms with Crippen molar-refractivity contribution in [2.45, 2.75) is 6.42 Å². The Kier molecular flexibility index (Phi) is 4.76. The average molecular weight is 402 g/mol. The molecule has 1 saturated heterocycles. The van der Waals surface area contributed by atoms with Crippen LogP contribution < -0.4 is 15.5 Å². The predicted octanol–water partition coefficient (Wildman–Crippen LogP) is 2.17. The number of primary amides is 1. The maximum absolute atomic E-state index is 11.7. The van der Waals surface area contributed by atoms with E-state index in [1.54, 1.807) is 18.3 Å². The molecule has 8 nitrogen and oxygen atoms in total. The van der Waals surface area contributed by atoms with Gasteiger partial charge in [0, 0.05) is 42.5 Å². The second-order valence-corrected chi connectivity index (χ2v) is 7.33. The number of amides is 1. The molecule has 2 aliphatic rings. The van der Waals surface area contributed by atoms with Gasteiger partial charge in [-0.05, 0) is 30.7 Å². The number of carbonyl (C=O) groups excluding carboxylic acids is 1. The van der Waals surface area contributed by atoms with E-state index in [0.29, 0.717) is 24.7 Å². The summed E-state index contributed by atoms with van der Waals surface area (Å²) in [4.78, 5) is 30.2. The third-order valence-corrected chi connectivity index (χ3v) is 5.49. The largest absolute Gasteiger partial charge is 0.378 e. The fourth-order valence-corrected chi connectivity index (χ4v) is 3.97.